The van der Waals surface area contributed by atoms with Crippen molar-refractivity contribution in [1.82, 2.24) is 14.9 Å². The quantitative estimate of drug-likeness (QED) is 0.239. The van der Waals surface area contributed by atoms with Crippen LogP contribution in [-0.4, -0.2) is 28.2 Å². The van der Waals surface area contributed by atoms with Crippen LogP contribution in [0.2, 0.25) is 0 Å². The minimum atomic E-state index is 0.478. The van der Waals surface area contributed by atoms with E-state index in [0.717, 1.165) is 27.9 Å². The van der Waals surface area contributed by atoms with E-state index in [4.69, 9.17) is 9.47 Å². The van der Waals surface area contributed by atoms with Crippen LogP contribution in [0, 0.1) is 13.8 Å². The maximum atomic E-state index is 5.97. The van der Waals surface area contributed by atoms with E-state index in [0.29, 0.717) is 18.1 Å². The first-order valence-corrected chi connectivity index (χ1v) is 11.6. The lowest BCUT2D eigenvalue weighted by molar-refractivity contribution is 0.284. The first-order valence-electron chi connectivity index (χ1n) is 10.6. The fraction of sp³-hybridized carbons (Fsp3) is 0.192. The predicted octanol–water partition coefficient (Wildman–Crippen LogP) is 5.66. The lowest BCUT2D eigenvalue weighted by Gasteiger charge is -2.11. The van der Waals surface area contributed by atoms with Gasteiger partial charge in [0, 0.05) is 5.75 Å². The van der Waals surface area contributed by atoms with E-state index in [1.54, 1.807) is 29.8 Å². The zero-order valence-corrected chi connectivity index (χ0v) is 19.7. The number of nitrogens with zero attached hydrogens (tertiary/aromatic N) is 4. The van der Waals surface area contributed by atoms with Crippen molar-refractivity contribution in [3.05, 3.63) is 101 Å². The Hall–Kier alpha value is -3.58. The molecule has 0 atom stereocenters. The lowest BCUT2D eigenvalue weighted by Crippen LogP contribution is -1.99. The van der Waals surface area contributed by atoms with Crippen molar-refractivity contribution in [2.75, 3.05) is 7.11 Å². The van der Waals surface area contributed by atoms with Crippen molar-refractivity contribution in [2.45, 2.75) is 31.4 Å². The number of hydrogen-bond donors (Lipinski definition) is 0. The number of hydrogen-bond acceptors (Lipinski definition) is 6. The summed E-state index contributed by atoms with van der Waals surface area (Å²) in [5.74, 6) is 2.88. The molecule has 0 fully saturated rings. The molecule has 0 aliphatic heterocycles. The second kappa shape index (κ2) is 10.8. The van der Waals surface area contributed by atoms with Gasteiger partial charge in [0.15, 0.2) is 17.3 Å². The molecule has 7 heteroatoms. The summed E-state index contributed by atoms with van der Waals surface area (Å²) in [4.78, 5) is 0. The average molecular weight is 459 g/mol. The maximum absolute atomic E-state index is 5.97. The predicted molar refractivity (Wildman–Crippen MR) is 132 cm³/mol. The van der Waals surface area contributed by atoms with E-state index in [-0.39, 0.29) is 0 Å². The summed E-state index contributed by atoms with van der Waals surface area (Å²) in [7, 11) is 1.64. The normalized spacial score (nSPS) is 11.1. The summed E-state index contributed by atoms with van der Waals surface area (Å²) in [5.41, 5.74) is 4.45. The third-order valence-corrected chi connectivity index (χ3v) is 5.99. The van der Waals surface area contributed by atoms with E-state index in [9.17, 15) is 0 Å². The van der Waals surface area contributed by atoms with Crippen LogP contribution >= 0.6 is 11.8 Å². The summed E-state index contributed by atoms with van der Waals surface area (Å²) >= 11 is 1.60. The second-order valence-corrected chi connectivity index (χ2v) is 8.49. The highest BCUT2D eigenvalue weighted by atomic mass is 32.2. The number of aryl methyl sites for hydroxylation is 2. The number of methoxy groups -OCH3 is 1. The highest BCUT2D eigenvalue weighted by molar-refractivity contribution is 7.98. The molecule has 0 spiro atoms. The minimum Gasteiger partial charge on any atom is -0.493 e. The van der Waals surface area contributed by atoms with E-state index in [1.165, 1.54) is 11.1 Å². The fourth-order valence-electron chi connectivity index (χ4n) is 3.14. The van der Waals surface area contributed by atoms with Crippen LogP contribution in [-0.2, 0) is 12.4 Å². The van der Waals surface area contributed by atoms with Gasteiger partial charge in [0.1, 0.15) is 6.61 Å². The van der Waals surface area contributed by atoms with Crippen molar-refractivity contribution in [3.8, 4) is 11.5 Å². The number of rotatable bonds is 9. The van der Waals surface area contributed by atoms with Gasteiger partial charge < -0.3 is 9.47 Å². The monoisotopic (exact) mass is 458 g/mol. The smallest absolute Gasteiger partial charge is 0.212 e. The Balaban J connectivity index is 1.45. The van der Waals surface area contributed by atoms with Gasteiger partial charge >= 0.3 is 0 Å². The molecule has 3 aromatic carbocycles. The summed E-state index contributed by atoms with van der Waals surface area (Å²) in [6, 6.07) is 24.3. The highest BCUT2D eigenvalue weighted by Gasteiger charge is 2.10. The van der Waals surface area contributed by atoms with Crippen molar-refractivity contribution in [2.24, 2.45) is 5.10 Å². The molecular formula is C26H26N4O2S. The lowest BCUT2D eigenvalue weighted by atomic mass is 10.2. The first kappa shape index (κ1) is 22.6. The van der Waals surface area contributed by atoms with Crippen molar-refractivity contribution >= 4 is 18.0 Å². The zero-order chi connectivity index (χ0) is 23.0. The molecule has 1 aromatic heterocycles. The molecule has 0 saturated heterocycles. The third-order valence-electron chi connectivity index (χ3n) is 5.00. The van der Waals surface area contributed by atoms with E-state index >= 15 is 0 Å². The van der Waals surface area contributed by atoms with Crippen LogP contribution in [0.5, 0.6) is 11.5 Å². The van der Waals surface area contributed by atoms with Gasteiger partial charge in [0.25, 0.3) is 0 Å². The number of thioether (sulfide) groups is 1. The van der Waals surface area contributed by atoms with Crippen LogP contribution in [0.15, 0.2) is 83.1 Å². The first-order chi connectivity index (χ1) is 16.1. The Labute approximate surface area is 198 Å². The third kappa shape index (κ3) is 6.02. The van der Waals surface area contributed by atoms with Crippen molar-refractivity contribution < 1.29 is 9.47 Å². The Morgan fingerprint density at radius 2 is 1.70 bits per heavy atom. The molecule has 0 saturated carbocycles. The molecule has 4 rings (SSSR count). The molecule has 0 amide bonds. The molecule has 0 bridgehead atoms. The van der Waals surface area contributed by atoms with E-state index in [1.807, 2.05) is 43.3 Å². The van der Waals surface area contributed by atoms with Gasteiger partial charge in [-0.25, -0.2) is 0 Å². The van der Waals surface area contributed by atoms with Gasteiger partial charge in [-0.2, -0.15) is 9.78 Å². The number of ether oxygens (including phenoxy) is 2. The fourth-order valence-corrected chi connectivity index (χ4v) is 4.03. The SMILES string of the molecule is COc1cc(/C=N/n2c(C)nnc2SCc2ccccc2)ccc1OCc1ccc(C)cc1. The summed E-state index contributed by atoms with van der Waals surface area (Å²) in [6.07, 6.45) is 1.77. The molecule has 1 heterocycles. The molecule has 0 unspecified atom stereocenters. The Kier molecular flexibility index (Phi) is 7.42. The van der Waals surface area contributed by atoms with Crippen LogP contribution in [0.4, 0.5) is 0 Å². The average Bonchev–Trinajstić information content (AvgIpc) is 3.21. The van der Waals surface area contributed by atoms with Gasteiger partial charge in [-0.1, -0.05) is 71.9 Å². The minimum absolute atomic E-state index is 0.478. The van der Waals surface area contributed by atoms with Crippen LogP contribution in [0.3, 0.4) is 0 Å². The maximum Gasteiger partial charge on any atom is 0.212 e. The van der Waals surface area contributed by atoms with Crippen molar-refractivity contribution in [1.29, 1.82) is 0 Å². The van der Waals surface area contributed by atoms with Gasteiger partial charge in [-0.3, -0.25) is 0 Å². The molecule has 168 valence electrons. The van der Waals surface area contributed by atoms with Gasteiger partial charge in [-0.05, 0) is 48.7 Å². The molecule has 0 aliphatic carbocycles. The summed E-state index contributed by atoms with van der Waals surface area (Å²) in [6.45, 7) is 4.44. The largest absolute Gasteiger partial charge is 0.493 e. The van der Waals surface area contributed by atoms with Crippen LogP contribution in [0.1, 0.15) is 28.1 Å². The Morgan fingerprint density at radius 3 is 2.45 bits per heavy atom. The summed E-state index contributed by atoms with van der Waals surface area (Å²) < 4.78 is 13.3. The Morgan fingerprint density at radius 1 is 0.909 bits per heavy atom. The zero-order valence-electron chi connectivity index (χ0n) is 18.9. The molecule has 33 heavy (non-hydrogen) atoms. The van der Waals surface area contributed by atoms with Gasteiger partial charge in [-0.15, -0.1) is 10.2 Å². The molecule has 0 N–H and O–H groups in total. The molecule has 0 radical (unpaired) electrons. The molecule has 4 aromatic rings. The number of aromatic nitrogens is 3. The molecular weight excluding hydrogens is 432 g/mol. The summed E-state index contributed by atoms with van der Waals surface area (Å²) in [5, 5.41) is 13.8. The van der Waals surface area contributed by atoms with Gasteiger partial charge in [0.2, 0.25) is 5.16 Å². The standard InChI is InChI=1S/C26H26N4O2S/c1-19-9-11-21(12-10-19)17-32-24-14-13-23(15-25(24)31-3)16-27-30-20(2)28-29-26(30)33-18-22-7-5-4-6-8-22/h4-16H,17-18H2,1-3H3/b27-16+. The molecule has 0 aliphatic rings. The highest BCUT2D eigenvalue weighted by Crippen LogP contribution is 2.28. The van der Waals surface area contributed by atoms with Crippen LogP contribution < -0.4 is 9.47 Å². The Bertz CT molecular complexity index is 1220. The van der Waals surface area contributed by atoms with E-state index in [2.05, 4.69) is 58.6 Å². The second-order valence-electron chi connectivity index (χ2n) is 7.55. The molecule has 6 nitrogen and oxygen atoms in total. The topological polar surface area (TPSA) is 61.5 Å². The van der Waals surface area contributed by atoms with Gasteiger partial charge in [0.05, 0.1) is 13.3 Å². The van der Waals surface area contributed by atoms with E-state index < -0.39 is 0 Å². The van der Waals surface area contributed by atoms with Crippen molar-refractivity contribution in [3.63, 3.8) is 0 Å². The number of benzene rings is 3. The van der Waals surface area contributed by atoms with Crippen LogP contribution in [0.25, 0.3) is 0 Å².